The third-order valence-corrected chi connectivity index (χ3v) is 5.83. The van der Waals surface area contributed by atoms with Crippen LogP contribution in [-0.2, 0) is 14.8 Å². The third kappa shape index (κ3) is 5.45. The highest BCUT2D eigenvalue weighted by atomic mass is 32.2. The predicted molar refractivity (Wildman–Crippen MR) is 111 cm³/mol. The molecule has 2 rings (SSSR count). The number of carbonyl (C=O) groups excluding carboxylic acids is 2. The van der Waals surface area contributed by atoms with Crippen LogP contribution >= 0.6 is 0 Å². The largest absolute Gasteiger partial charge is 0.462 e. The van der Waals surface area contributed by atoms with E-state index in [0.717, 1.165) is 12.8 Å². The molecule has 0 atom stereocenters. The highest BCUT2D eigenvalue weighted by Gasteiger charge is 2.23. The first-order chi connectivity index (χ1) is 13.7. The molecule has 0 saturated carbocycles. The Kier molecular flexibility index (Phi) is 7.58. The van der Waals surface area contributed by atoms with Gasteiger partial charge in [0, 0.05) is 17.9 Å². The quantitative estimate of drug-likeness (QED) is 0.425. The van der Waals surface area contributed by atoms with Gasteiger partial charge in [0.1, 0.15) is 5.69 Å². The molecule has 8 nitrogen and oxygen atoms in total. The van der Waals surface area contributed by atoms with Crippen molar-refractivity contribution in [2.45, 2.75) is 45.4 Å². The molecule has 1 amide bonds. The highest BCUT2D eigenvalue weighted by Crippen LogP contribution is 2.21. The van der Waals surface area contributed by atoms with E-state index in [1.54, 1.807) is 32.9 Å². The van der Waals surface area contributed by atoms with Crippen LogP contribution in [-0.4, -0.2) is 38.4 Å². The van der Waals surface area contributed by atoms with E-state index in [2.05, 4.69) is 15.0 Å². The highest BCUT2D eigenvalue weighted by molar-refractivity contribution is 7.89. The molecular weight excluding hydrogens is 394 g/mol. The summed E-state index contributed by atoms with van der Waals surface area (Å²) in [6.45, 7) is 7.61. The maximum absolute atomic E-state index is 12.7. The van der Waals surface area contributed by atoms with Crippen molar-refractivity contribution in [1.82, 2.24) is 9.71 Å². The summed E-state index contributed by atoms with van der Waals surface area (Å²) in [6.07, 6.45) is 1.62. The SMILES string of the molecule is CCCCNS(=O)(=O)c1cccc(NC(=O)c2[nH]c(C)c(C(=O)OCC)c2C)c1. The van der Waals surface area contributed by atoms with Crippen LogP contribution in [0.15, 0.2) is 29.2 Å². The number of nitrogens with one attached hydrogen (secondary N) is 3. The van der Waals surface area contributed by atoms with Crippen molar-refractivity contribution in [1.29, 1.82) is 0 Å². The van der Waals surface area contributed by atoms with Crippen molar-refractivity contribution in [2.75, 3.05) is 18.5 Å². The zero-order valence-corrected chi connectivity index (χ0v) is 17.9. The topological polar surface area (TPSA) is 117 Å². The zero-order valence-electron chi connectivity index (χ0n) is 17.1. The molecule has 0 fully saturated rings. The number of amides is 1. The van der Waals surface area contributed by atoms with Gasteiger partial charge in [-0.05, 0) is 51.0 Å². The number of aryl methyl sites for hydroxylation is 1. The summed E-state index contributed by atoms with van der Waals surface area (Å²) in [4.78, 5) is 27.8. The van der Waals surface area contributed by atoms with Gasteiger partial charge in [-0.25, -0.2) is 17.9 Å². The average molecular weight is 422 g/mol. The molecule has 0 aliphatic heterocycles. The Morgan fingerprint density at radius 1 is 1.17 bits per heavy atom. The molecule has 3 N–H and O–H groups in total. The van der Waals surface area contributed by atoms with Crippen molar-refractivity contribution in [3.63, 3.8) is 0 Å². The lowest BCUT2D eigenvalue weighted by Crippen LogP contribution is -2.25. The number of rotatable bonds is 9. The molecule has 0 saturated heterocycles. The van der Waals surface area contributed by atoms with E-state index in [1.807, 2.05) is 6.92 Å². The van der Waals surface area contributed by atoms with Gasteiger partial charge in [0.05, 0.1) is 17.1 Å². The second kappa shape index (κ2) is 9.71. The van der Waals surface area contributed by atoms with Gasteiger partial charge in [-0.1, -0.05) is 19.4 Å². The maximum Gasteiger partial charge on any atom is 0.340 e. The summed E-state index contributed by atoms with van der Waals surface area (Å²) in [5.74, 6) is -0.973. The molecule has 1 heterocycles. The average Bonchev–Trinajstić information content (AvgIpc) is 2.96. The smallest absolute Gasteiger partial charge is 0.340 e. The molecule has 2 aromatic rings. The summed E-state index contributed by atoms with van der Waals surface area (Å²) in [5, 5.41) is 2.68. The lowest BCUT2D eigenvalue weighted by Gasteiger charge is -2.09. The van der Waals surface area contributed by atoms with Gasteiger partial charge in [-0.2, -0.15) is 0 Å². The normalized spacial score (nSPS) is 11.3. The van der Waals surface area contributed by atoms with Crippen LogP contribution in [0.2, 0.25) is 0 Å². The van der Waals surface area contributed by atoms with Crippen LogP contribution in [0.25, 0.3) is 0 Å². The lowest BCUT2D eigenvalue weighted by atomic mass is 10.1. The van der Waals surface area contributed by atoms with E-state index in [4.69, 9.17) is 4.74 Å². The molecule has 0 aliphatic carbocycles. The Morgan fingerprint density at radius 3 is 2.55 bits per heavy atom. The van der Waals surface area contributed by atoms with Gasteiger partial charge in [0.25, 0.3) is 5.91 Å². The molecule has 1 aromatic carbocycles. The van der Waals surface area contributed by atoms with E-state index < -0.39 is 21.9 Å². The van der Waals surface area contributed by atoms with E-state index in [9.17, 15) is 18.0 Å². The lowest BCUT2D eigenvalue weighted by molar-refractivity contribution is 0.0525. The second-order valence-electron chi connectivity index (χ2n) is 6.58. The number of sulfonamides is 1. The van der Waals surface area contributed by atoms with Gasteiger partial charge >= 0.3 is 5.97 Å². The summed E-state index contributed by atoms with van der Waals surface area (Å²) in [6, 6.07) is 6.01. The Balaban J connectivity index is 2.22. The Morgan fingerprint density at radius 2 is 1.90 bits per heavy atom. The first-order valence-electron chi connectivity index (χ1n) is 9.48. The van der Waals surface area contributed by atoms with Crippen LogP contribution in [0.1, 0.15) is 58.8 Å². The van der Waals surface area contributed by atoms with Gasteiger partial charge in [-0.3, -0.25) is 4.79 Å². The van der Waals surface area contributed by atoms with E-state index >= 15 is 0 Å². The number of aromatic amines is 1. The number of anilines is 1. The number of ether oxygens (including phenoxy) is 1. The molecule has 0 aliphatic rings. The van der Waals surface area contributed by atoms with Crippen LogP contribution < -0.4 is 10.0 Å². The van der Waals surface area contributed by atoms with E-state index in [0.29, 0.717) is 29.1 Å². The van der Waals surface area contributed by atoms with Crippen LogP contribution in [0.3, 0.4) is 0 Å². The zero-order chi connectivity index (χ0) is 21.6. The fourth-order valence-corrected chi connectivity index (χ4v) is 4.01. The fourth-order valence-electron chi connectivity index (χ4n) is 2.89. The molecule has 1 aromatic heterocycles. The standard InChI is InChI=1S/C20H27N3O5S/c1-5-7-11-21-29(26,27)16-10-8-9-15(12-16)23-19(24)18-13(3)17(14(4)22-18)20(25)28-6-2/h8-10,12,21-22H,5-7,11H2,1-4H3,(H,23,24). The fraction of sp³-hybridized carbons (Fsp3) is 0.400. The maximum atomic E-state index is 12.7. The summed E-state index contributed by atoms with van der Waals surface area (Å²) >= 11 is 0. The predicted octanol–water partition coefficient (Wildman–Crippen LogP) is 3.14. The first kappa shape index (κ1) is 22.6. The van der Waals surface area contributed by atoms with E-state index in [-0.39, 0.29) is 17.2 Å². The van der Waals surface area contributed by atoms with Gasteiger partial charge in [0.15, 0.2) is 0 Å². The number of hydrogen-bond donors (Lipinski definition) is 3. The van der Waals surface area contributed by atoms with Crippen LogP contribution in [0.5, 0.6) is 0 Å². The summed E-state index contributed by atoms with van der Waals surface area (Å²) in [5.41, 5.74) is 1.89. The molecule has 0 unspecified atom stereocenters. The van der Waals surface area contributed by atoms with Crippen molar-refractivity contribution < 1.29 is 22.7 Å². The van der Waals surface area contributed by atoms with Crippen LogP contribution in [0, 0.1) is 13.8 Å². The Bertz CT molecular complexity index is 996. The minimum Gasteiger partial charge on any atom is -0.462 e. The number of H-pyrrole nitrogens is 1. The molecule has 0 radical (unpaired) electrons. The third-order valence-electron chi connectivity index (χ3n) is 4.37. The molecule has 29 heavy (non-hydrogen) atoms. The second-order valence-corrected chi connectivity index (χ2v) is 8.35. The number of esters is 1. The number of benzene rings is 1. The summed E-state index contributed by atoms with van der Waals surface area (Å²) < 4.78 is 32.3. The van der Waals surface area contributed by atoms with E-state index in [1.165, 1.54) is 12.1 Å². The van der Waals surface area contributed by atoms with Crippen LogP contribution in [0.4, 0.5) is 5.69 Å². The van der Waals surface area contributed by atoms with Gasteiger partial charge < -0.3 is 15.0 Å². The molecular formula is C20H27N3O5S. The Labute approximate surface area is 171 Å². The van der Waals surface area contributed by atoms with Crippen molar-refractivity contribution in [3.8, 4) is 0 Å². The monoisotopic (exact) mass is 421 g/mol. The molecule has 0 spiro atoms. The minimum absolute atomic E-state index is 0.0676. The molecule has 0 bridgehead atoms. The Hall–Kier alpha value is -2.65. The first-order valence-corrected chi connectivity index (χ1v) is 11.0. The number of unbranched alkanes of at least 4 members (excludes halogenated alkanes) is 1. The number of aromatic nitrogens is 1. The van der Waals surface area contributed by atoms with Crippen molar-refractivity contribution in [3.05, 3.63) is 46.8 Å². The van der Waals surface area contributed by atoms with Crippen molar-refractivity contribution >= 4 is 27.6 Å². The van der Waals surface area contributed by atoms with Gasteiger partial charge in [-0.15, -0.1) is 0 Å². The van der Waals surface area contributed by atoms with Gasteiger partial charge in [0.2, 0.25) is 10.0 Å². The number of hydrogen-bond acceptors (Lipinski definition) is 5. The molecule has 9 heteroatoms. The number of carbonyl (C=O) groups is 2. The minimum atomic E-state index is -3.65. The van der Waals surface area contributed by atoms with Crippen molar-refractivity contribution in [2.24, 2.45) is 0 Å². The summed E-state index contributed by atoms with van der Waals surface area (Å²) in [7, 11) is -3.65. The molecule has 158 valence electrons.